The Hall–Kier alpha value is -2.10. The van der Waals surface area contributed by atoms with E-state index in [9.17, 15) is 0 Å². The fourth-order valence-electron chi connectivity index (χ4n) is 2.38. The molecule has 2 aliphatic carbocycles. The Morgan fingerprint density at radius 1 is 1.00 bits per heavy atom. The molecule has 0 bridgehead atoms. The van der Waals surface area contributed by atoms with Gasteiger partial charge in [-0.2, -0.15) is 4.98 Å². The second kappa shape index (κ2) is 5.02. The lowest BCUT2D eigenvalue weighted by molar-refractivity contribution is 0.968. The summed E-state index contributed by atoms with van der Waals surface area (Å²) in [7, 11) is 0. The Balaban J connectivity index is 1.59. The van der Waals surface area contributed by atoms with Crippen LogP contribution in [-0.4, -0.2) is 16.0 Å². The summed E-state index contributed by atoms with van der Waals surface area (Å²) in [5.74, 6) is 2.29. The van der Waals surface area contributed by atoms with Crippen molar-refractivity contribution in [1.29, 1.82) is 0 Å². The molecule has 108 valence electrons. The van der Waals surface area contributed by atoms with E-state index < -0.39 is 0 Å². The Bertz CT molecular complexity index is 642. The van der Waals surface area contributed by atoms with Crippen LogP contribution in [0.5, 0.6) is 0 Å². The zero-order chi connectivity index (χ0) is 14.2. The van der Waals surface area contributed by atoms with Gasteiger partial charge in [0.25, 0.3) is 0 Å². The molecule has 4 heteroatoms. The maximum Gasteiger partial charge on any atom is 0.225 e. The van der Waals surface area contributed by atoms with E-state index in [-0.39, 0.29) is 0 Å². The molecule has 0 atom stereocenters. The van der Waals surface area contributed by atoms with Crippen LogP contribution in [0.4, 0.5) is 17.5 Å². The van der Waals surface area contributed by atoms with Crippen molar-refractivity contribution >= 4 is 17.5 Å². The quantitative estimate of drug-likeness (QED) is 0.869. The third-order valence-corrected chi connectivity index (χ3v) is 3.98. The van der Waals surface area contributed by atoms with Crippen LogP contribution in [0.15, 0.2) is 30.3 Å². The van der Waals surface area contributed by atoms with Crippen molar-refractivity contribution in [2.24, 2.45) is 0 Å². The van der Waals surface area contributed by atoms with Crippen molar-refractivity contribution in [2.75, 3.05) is 10.6 Å². The summed E-state index contributed by atoms with van der Waals surface area (Å²) in [5.41, 5.74) is 3.50. The fourth-order valence-corrected chi connectivity index (χ4v) is 2.38. The minimum absolute atomic E-state index is 0.576. The molecule has 0 amide bonds. The molecule has 2 saturated carbocycles. The van der Waals surface area contributed by atoms with Gasteiger partial charge in [-0.15, -0.1) is 0 Å². The van der Waals surface area contributed by atoms with Crippen LogP contribution in [-0.2, 0) is 0 Å². The Kier molecular flexibility index (Phi) is 3.02. The summed E-state index contributed by atoms with van der Waals surface area (Å²) in [6.07, 6.45) is 4.98. The lowest BCUT2D eigenvalue weighted by atomic mass is 10.2. The predicted molar refractivity (Wildman–Crippen MR) is 85.1 cm³/mol. The molecule has 1 aromatic heterocycles. The number of nitrogens with zero attached hydrogens (tertiary/aromatic N) is 2. The van der Waals surface area contributed by atoms with E-state index in [4.69, 9.17) is 0 Å². The molecular formula is C17H20N4. The molecule has 4 nitrogen and oxygen atoms in total. The van der Waals surface area contributed by atoms with Crippen molar-refractivity contribution in [3.8, 4) is 0 Å². The van der Waals surface area contributed by atoms with E-state index in [0.717, 1.165) is 17.5 Å². The topological polar surface area (TPSA) is 49.8 Å². The Morgan fingerprint density at radius 3 is 2.43 bits per heavy atom. The molecule has 0 radical (unpaired) electrons. The van der Waals surface area contributed by atoms with Gasteiger partial charge in [0.2, 0.25) is 5.95 Å². The third-order valence-electron chi connectivity index (χ3n) is 3.98. The molecular weight excluding hydrogens is 260 g/mol. The molecule has 4 rings (SSSR count). The summed E-state index contributed by atoms with van der Waals surface area (Å²) in [4.78, 5) is 9.28. The van der Waals surface area contributed by atoms with Crippen LogP contribution < -0.4 is 10.6 Å². The minimum Gasteiger partial charge on any atom is -0.351 e. The van der Waals surface area contributed by atoms with Gasteiger partial charge in [-0.1, -0.05) is 17.7 Å². The maximum atomic E-state index is 4.67. The van der Waals surface area contributed by atoms with Gasteiger partial charge >= 0.3 is 0 Å². The Labute approximate surface area is 125 Å². The van der Waals surface area contributed by atoms with Gasteiger partial charge in [-0.25, -0.2) is 4.98 Å². The van der Waals surface area contributed by atoms with Crippen molar-refractivity contribution < 1.29 is 0 Å². The number of anilines is 3. The number of aryl methyl sites for hydroxylation is 1. The number of benzene rings is 1. The van der Waals surface area contributed by atoms with Crippen molar-refractivity contribution in [3.05, 3.63) is 41.6 Å². The fraction of sp³-hybridized carbons (Fsp3) is 0.412. The first-order chi connectivity index (χ1) is 10.3. The van der Waals surface area contributed by atoms with Crippen LogP contribution in [0.1, 0.15) is 42.9 Å². The van der Waals surface area contributed by atoms with E-state index >= 15 is 0 Å². The van der Waals surface area contributed by atoms with Gasteiger partial charge in [0.05, 0.1) is 5.69 Å². The van der Waals surface area contributed by atoms with Crippen LogP contribution in [0.3, 0.4) is 0 Å². The highest BCUT2D eigenvalue weighted by Crippen LogP contribution is 2.40. The van der Waals surface area contributed by atoms with Crippen molar-refractivity contribution in [3.63, 3.8) is 0 Å². The first-order valence-corrected chi connectivity index (χ1v) is 7.75. The van der Waals surface area contributed by atoms with Gasteiger partial charge in [0, 0.05) is 23.7 Å². The SMILES string of the molecule is Cc1ccc(Nc2cc(C3CC3)nc(NC3CC3)n2)cc1. The zero-order valence-corrected chi connectivity index (χ0v) is 12.3. The number of hydrogen-bond donors (Lipinski definition) is 2. The van der Waals surface area contributed by atoms with Gasteiger partial charge in [-0.3, -0.25) is 0 Å². The summed E-state index contributed by atoms with van der Waals surface area (Å²) in [6, 6.07) is 11.1. The molecule has 2 N–H and O–H groups in total. The van der Waals surface area contributed by atoms with E-state index in [0.29, 0.717) is 12.0 Å². The highest BCUT2D eigenvalue weighted by molar-refractivity contribution is 5.58. The molecule has 2 aromatic rings. The maximum absolute atomic E-state index is 4.67. The molecule has 0 unspecified atom stereocenters. The summed E-state index contributed by atoms with van der Waals surface area (Å²) >= 11 is 0. The second-order valence-corrected chi connectivity index (χ2v) is 6.19. The molecule has 2 fully saturated rings. The van der Waals surface area contributed by atoms with Gasteiger partial charge in [0.15, 0.2) is 0 Å². The first-order valence-electron chi connectivity index (χ1n) is 7.75. The minimum atomic E-state index is 0.576. The van der Waals surface area contributed by atoms with Gasteiger partial charge < -0.3 is 10.6 Å². The third kappa shape index (κ3) is 3.15. The average Bonchev–Trinajstić information content (AvgIpc) is 3.35. The molecule has 21 heavy (non-hydrogen) atoms. The van der Waals surface area contributed by atoms with Crippen LogP contribution in [0.25, 0.3) is 0 Å². The predicted octanol–water partition coefficient (Wildman–Crippen LogP) is 3.98. The van der Waals surface area contributed by atoms with Gasteiger partial charge in [0.1, 0.15) is 5.82 Å². The number of nitrogens with one attached hydrogen (secondary N) is 2. The Morgan fingerprint density at radius 2 is 1.76 bits per heavy atom. The monoisotopic (exact) mass is 280 g/mol. The van der Waals surface area contributed by atoms with E-state index in [2.05, 4.69) is 57.9 Å². The largest absolute Gasteiger partial charge is 0.351 e. The van der Waals surface area contributed by atoms with E-state index in [1.165, 1.54) is 36.9 Å². The number of hydrogen-bond acceptors (Lipinski definition) is 4. The smallest absolute Gasteiger partial charge is 0.225 e. The van der Waals surface area contributed by atoms with Crippen LogP contribution in [0.2, 0.25) is 0 Å². The first kappa shape index (κ1) is 12.6. The molecule has 0 spiro atoms. The molecule has 1 aromatic carbocycles. The van der Waals surface area contributed by atoms with Crippen LogP contribution in [0, 0.1) is 6.92 Å². The molecule has 0 saturated heterocycles. The zero-order valence-electron chi connectivity index (χ0n) is 12.3. The summed E-state index contributed by atoms with van der Waals surface area (Å²) in [5, 5.41) is 6.81. The summed E-state index contributed by atoms with van der Waals surface area (Å²) < 4.78 is 0. The van der Waals surface area contributed by atoms with Crippen LogP contribution >= 0.6 is 0 Å². The number of rotatable bonds is 5. The number of aromatic nitrogens is 2. The summed E-state index contributed by atoms with van der Waals surface area (Å²) in [6.45, 7) is 2.09. The molecule has 0 aliphatic heterocycles. The second-order valence-electron chi connectivity index (χ2n) is 6.19. The van der Waals surface area contributed by atoms with Crippen molar-refractivity contribution in [2.45, 2.75) is 44.6 Å². The lowest BCUT2D eigenvalue weighted by Crippen LogP contribution is -2.08. The lowest BCUT2D eigenvalue weighted by Gasteiger charge is -2.11. The van der Waals surface area contributed by atoms with Crippen molar-refractivity contribution in [1.82, 2.24) is 9.97 Å². The highest BCUT2D eigenvalue weighted by atomic mass is 15.2. The van der Waals surface area contributed by atoms with Gasteiger partial charge in [-0.05, 0) is 44.7 Å². The van der Waals surface area contributed by atoms with E-state index in [1.807, 2.05) is 0 Å². The van der Waals surface area contributed by atoms with E-state index in [1.54, 1.807) is 0 Å². The molecule has 2 aliphatic rings. The average molecular weight is 280 g/mol. The molecule has 1 heterocycles. The standard InChI is InChI=1S/C17H20N4/c1-11-2-6-13(7-3-11)18-16-10-15(12-4-5-12)20-17(21-16)19-14-8-9-14/h2-3,6-7,10,12,14H,4-5,8-9H2,1H3,(H2,18,19,20,21). The normalized spacial score (nSPS) is 17.6. The highest BCUT2D eigenvalue weighted by Gasteiger charge is 2.27.